The van der Waals surface area contributed by atoms with Crippen molar-refractivity contribution in [1.29, 1.82) is 0 Å². The molecule has 0 spiro atoms. The third kappa shape index (κ3) is 7.62. The fraction of sp³-hybridized carbons (Fsp3) is 0.324. The number of nitrogens with zero attached hydrogens (tertiary/aromatic N) is 2. The maximum atomic E-state index is 14.1. The van der Waals surface area contributed by atoms with Crippen molar-refractivity contribution >= 4 is 40.0 Å². The molecular weight excluding hydrogens is 543 g/mol. The van der Waals surface area contributed by atoms with Gasteiger partial charge in [0, 0.05) is 10.7 Å². The van der Waals surface area contributed by atoms with E-state index in [1.165, 1.54) is 12.1 Å². The second-order valence-electron chi connectivity index (χ2n) is 9.90. The maximum Gasteiger partial charge on any atom is 0.418 e. The predicted octanol–water partition coefficient (Wildman–Crippen LogP) is 11.2. The summed E-state index contributed by atoms with van der Waals surface area (Å²) in [6.07, 6.45) is 7.23. The number of benzene rings is 2. The van der Waals surface area contributed by atoms with Crippen LogP contribution in [0.25, 0.3) is 22.7 Å². The molecule has 4 rings (SSSR count). The van der Waals surface area contributed by atoms with E-state index in [0.29, 0.717) is 16.3 Å². The monoisotopic (exact) mass is 581 g/mol. The molecule has 0 amide bonds. The number of hydrogen-bond acceptors (Lipinski definition) is 2. The van der Waals surface area contributed by atoms with E-state index in [2.05, 4.69) is 29.6 Å². The Bertz CT molecular complexity index is 1440. The molecular formula is C34H39ClF3N3. The van der Waals surface area contributed by atoms with E-state index >= 15 is 0 Å². The average Bonchev–Trinajstić information content (AvgIpc) is 3.36. The number of anilines is 1. The van der Waals surface area contributed by atoms with Gasteiger partial charge in [-0.2, -0.15) is 13.2 Å². The Hall–Kier alpha value is -3.51. The minimum Gasteiger partial charge on any atom is -0.357 e. The molecule has 1 heterocycles. The van der Waals surface area contributed by atoms with Gasteiger partial charge < -0.3 is 9.88 Å². The summed E-state index contributed by atoms with van der Waals surface area (Å²) in [7, 11) is 0. The third-order valence-corrected chi connectivity index (χ3v) is 7.53. The van der Waals surface area contributed by atoms with Crippen LogP contribution >= 0.6 is 11.6 Å². The minimum absolute atomic E-state index is 0.0298. The van der Waals surface area contributed by atoms with Crippen molar-refractivity contribution in [2.45, 2.75) is 65.1 Å². The van der Waals surface area contributed by atoms with Gasteiger partial charge in [-0.05, 0) is 67.2 Å². The zero-order valence-corrected chi connectivity index (χ0v) is 24.8. The highest BCUT2D eigenvalue weighted by Crippen LogP contribution is 2.42. The van der Waals surface area contributed by atoms with Crippen LogP contribution in [0.1, 0.15) is 75.9 Å². The highest BCUT2D eigenvalue weighted by molar-refractivity contribution is 6.31. The number of nitrogens with one attached hydrogen (secondary N) is 1. The Balaban J connectivity index is 0.00000226. The number of allylic oxidation sites excluding steroid dienone is 6. The van der Waals surface area contributed by atoms with Gasteiger partial charge in [0.2, 0.25) is 0 Å². The SMILES string of the molecule is C=C/C(Cl)=C\C=C(/C)c1nc2ccccc2n1C(C(=C)Nc1ccc(C=C)cc1C(F)(F)F)C1CCCCC1.CC. The summed E-state index contributed by atoms with van der Waals surface area (Å²) in [5, 5.41) is 3.58. The van der Waals surface area contributed by atoms with Crippen molar-refractivity contribution in [1.82, 2.24) is 9.55 Å². The van der Waals surface area contributed by atoms with Gasteiger partial charge >= 0.3 is 6.18 Å². The number of fused-ring (bicyclic) bond motifs is 1. The van der Waals surface area contributed by atoms with Gasteiger partial charge in [0.1, 0.15) is 5.82 Å². The van der Waals surface area contributed by atoms with Crippen molar-refractivity contribution in [3.05, 3.63) is 108 Å². The standard InChI is InChI=1S/C32H33ClF3N3.C2H6/c1-5-23-17-19-27(26(20-23)32(34,35)36)37-22(4)30(24-12-8-7-9-13-24)39-29-15-11-10-14-28(29)38-31(39)21(3)16-18-25(33)6-2;1-2/h5-6,10-11,14-20,24,30,37H,1-2,4,7-9,12-13H2,3H3;1-2H3/b21-16+,25-18+;. The number of alkyl halides is 3. The van der Waals surface area contributed by atoms with E-state index in [9.17, 15) is 13.2 Å². The van der Waals surface area contributed by atoms with E-state index in [0.717, 1.165) is 60.6 Å². The van der Waals surface area contributed by atoms with Crippen molar-refractivity contribution in [2.24, 2.45) is 5.92 Å². The molecule has 218 valence electrons. The van der Waals surface area contributed by atoms with E-state index < -0.39 is 11.7 Å². The highest BCUT2D eigenvalue weighted by atomic mass is 35.5. The first kappa shape index (κ1) is 32.0. The molecule has 0 radical (unpaired) electrons. The van der Waals surface area contributed by atoms with Crippen LogP contribution in [0, 0.1) is 5.92 Å². The molecule has 3 nitrogen and oxygen atoms in total. The lowest BCUT2D eigenvalue weighted by Gasteiger charge is -2.35. The van der Waals surface area contributed by atoms with Crippen molar-refractivity contribution in [3.8, 4) is 0 Å². The first-order valence-electron chi connectivity index (χ1n) is 14.1. The molecule has 41 heavy (non-hydrogen) atoms. The van der Waals surface area contributed by atoms with Crippen LogP contribution in [0.3, 0.4) is 0 Å². The van der Waals surface area contributed by atoms with E-state index in [-0.39, 0.29) is 17.6 Å². The molecule has 2 aromatic carbocycles. The second-order valence-corrected chi connectivity index (χ2v) is 10.3. The van der Waals surface area contributed by atoms with Crippen molar-refractivity contribution < 1.29 is 13.2 Å². The third-order valence-electron chi connectivity index (χ3n) is 7.25. The fourth-order valence-corrected chi connectivity index (χ4v) is 5.39. The predicted molar refractivity (Wildman–Crippen MR) is 169 cm³/mol. The van der Waals surface area contributed by atoms with Crippen LogP contribution in [-0.2, 0) is 6.18 Å². The lowest BCUT2D eigenvalue weighted by Crippen LogP contribution is -2.28. The Morgan fingerprint density at radius 3 is 2.39 bits per heavy atom. The first-order valence-corrected chi connectivity index (χ1v) is 14.4. The van der Waals surface area contributed by atoms with Crippen LogP contribution in [0.4, 0.5) is 18.9 Å². The lowest BCUT2D eigenvalue weighted by molar-refractivity contribution is -0.136. The molecule has 1 aliphatic carbocycles. The summed E-state index contributed by atoms with van der Waals surface area (Å²) in [5.41, 5.74) is 2.69. The number of aromatic nitrogens is 2. The van der Waals surface area contributed by atoms with Gasteiger partial charge in [-0.1, -0.05) is 101 Å². The molecule has 0 bridgehead atoms. The molecule has 1 unspecified atom stereocenters. The van der Waals surface area contributed by atoms with E-state index in [4.69, 9.17) is 16.6 Å². The molecule has 1 fully saturated rings. The average molecular weight is 582 g/mol. The zero-order valence-electron chi connectivity index (χ0n) is 24.1. The lowest BCUT2D eigenvalue weighted by atomic mass is 9.82. The summed E-state index contributed by atoms with van der Waals surface area (Å²) in [4.78, 5) is 4.94. The molecule has 1 saturated carbocycles. The molecule has 7 heteroatoms. The van der Waals surface area contributed by atoms with E-state index in [1.807, 2.05) is 51.1 Å². The minimum atomic E-state index is -4.54. The van der Waals surface area contributed by atoms with Crippen LogP contribution in [-0.4, -0.2) is 9.55 Å². The first-order chi connectivity index (χ1) is 19.6. The van der Waals surface area contributed by atoms with Gasteiger partial charge in [0.05, 0.1) is 28.3 Å². The second kappa shape index (κ2) is 14.4. The summed E-state index contributed by atoms with van der Waals surface area (Å²) >= 11 is 6.16. The van der Waals surface area contributed by atoms with Crippen LogP contribution in [0.2, 0.25) is 0 Å². The van der Waals surface area contributed by atoms with Crippen LogP contribution < -0.4 is 5.32 Å². The quantitative estimate of drug-likeness (QED) is 0.255. The largest absolute Gasteiger partial charge is 0.418 e. The molecule has 1 aliphatic rings. The Labute approximate surface area is 246 Å². The smallest absolute Gasteiger partial charge is 0.357 e. The highest BCUT2D eigenvalue weighted by Gasteiger charge is 2.36. The maximum absolute atomic E-state index is 14.1. The summed E-state index contributed by atoms with van der Waals surface area (Å²) in [6.45, 7) is 17.6. The topological polar surface area (TPSA) is 29.9 Å². The number of imidazole rings is 1. The Kier molecular flexibility index (Phi) is 11.2. The van der Waals surface area contributed by atoms with Gasteiger partial charge in [-0.3, -0.25) is 0 Å². The van der Waals surface area contributed by atoms with Gasteiger partial charge in [0.25, 0.3) is 0 Å². The van der Waals surface area contributed by atoms with Crippen molar-refractivity contribution in [2.75, 3.05) is 5.32 Å². The Morgan fingerprint density at radius 2 is 1.76 bits per heavy atom. The summed E-state index contributed by atoms with van der Waals surface area (Å²) < 4.78 is 44.3. The fourth-order valence-electron chi connectivity index (χ4n) is 5.33. The summed E-state index contributed by atoms with van der Waals surface area (Å²) in [5.74, 6) is 0.898. The number of hydrogen-bond donors (Lipinski definition) is 1. The molecule has 1 N–H and O–H groups in total. The normalized spacial score (nSPS) is 15.6. The Morgan fingerprint density at radius 1 is 1.07 bits per heavy atom. The molecule has 0 aliphatic heterocycles. The van der Waals surface area contributed by atoms with Crippen LogP contribution in [0.5, 0.6) is 0 Å². The van der Waals surface area contributed by atoms with Gasteiger partial charge in [-0.25, -0.2) is 4.98 Å². The number of para-hydroxylation sites is 2. The molecule has 3 aromatic rings. The molecule has 1 aromatic heterocycles. The van der Waals surface area contributed by atoms with Crippen molar-refractivity contribution in [3.63, 3.8) is 0 Å². The molecule has 1 atom stereocenters. The van der Waals surface area contributed by atoms with Gasteiger partial charge in [-0.15, -0.1) is 0 Å². The van der Waals surface area contributed by atoms with Crippen LogP contribution in [0.15, 0.2) is 91.2 Å². The number of rotatable bonds is 9. The summed E-state index contributed by atoms with van der Waals surface area (Å²) in [6, 6.07) is 11.7. The zero-order chi connectivity index (χ0) is 30.2. The van der Waals surface area contributed by atoms with E-state index in [1.54, 1.807) is 18.2 Å². The number of halogens is 4. The van der Waals surface area contributed by atoms with Gasteiger partial charge in [0.15, 0.2) is 0 Å². The molecule has 0 saturated heterocycles.